The van der Waals surface area contributed by atoms with Crippen molar-refractivity contribution in [1.29, 1.82) is 0 Å². The van der Waals surface area contributed by atoms with Crippen molar-refractivity contribution in [2.45, 2.75) is 99.2 Å². The van der Waals surface area contributed by atoms with E-state index in [0.29, 0.717) is 18.4 Å². The van der Waals surface area contributed by atoms with Crippen molar-refractivity contribution in [2.75, 3.05) is 13.2 Å². The summed E-state index contributed by atoms with van der Waals surface area (Å²) >= 11 is 0. The molecule has 0 N–H and O–H groups in total. The van der Waals surface area contributed by atoms with E-state index in [4.69, 9.17) is 9.16 Å². The molecule has 0 bridgehead atoms. The molecule has 0 aromatic heterocycles. The Morgan fingerprint density at radius 1 is 1.22 bits per heavy atom. The molecule has 0 radical (unpaired) electrons. The highest BCUT2D eigenvalue weighted by Gasteiger charge is 2.46. The highest BCUT2D eigenvalue weighted by Crippen LogP contribution is 2.51. The quantitative estimate of drug-likeness (QED) is 0.207. The van der Waals surface area contributed by atoms with Crippen LogP contribution in [0.15, 0.2) is 11.1 Å². The van der Waals surface area contributed by atoms with Gasteiger partial charge in [0.05, 0.1) is 6.61 Å². The van der Waals surface area contributed by atoms with Crippen molar-refractivity contribution in [3.05, 3.63) is 11.1 Å². The lowest BCUT2D eigenvalue weighted by Crippen LogP contribution is -2.48. The van der Waals surface area contributed by atoms with Crippen LogP contribution >= 0.6 is 0 Å². The smallest absolute Gasteiger partial charge is 0.302 e. The molecule has 0 aromatic carbocycles. The van der Waals surface area contributed by atoms with Gasteiger partial charge in [0, 0.05) is 13.5 Å². The van der Waals surface area contributed by atoms with E-state index in [9.17, 15) is 4.79 Å². The van der Waals surface area contributed by atoms with Crippen LogP contribution in [-0.2, 0) is 14.0 Å². The Labute approximate surface area is 169 Å². The van der Waals surface area contributed by atoms with Crippen molar-refractivity contribution in [1.82, 2.24) is 0 Å². The number of allylic oxidation sites excluding steroid dienone is 2. The van der Waals surface area contributed by atoms with Crippen LogP contribution in [0.3, 0.4) is 0 Å². The third kappa shape index (κ3) is 6.18. The van der Waals surface area contributed by atoms with Crippen LogP contribution < -0.4 is 0 Å². The molecule has 0 amide bonds. The Morgan fingerprint density at radius 2 is 1.81 bits per heavy atom. The molecule has 0 unspecified atom stereocenters. The maximum atomic E-state index is 11.1. The van der Waals surface area contributed by atoms with E-state index in [1.54, 1.807) is 5.57 Å². The second-order valence-corrected chi connectivity index (χ2v) is 15.4. The number of carbonyl (C=O) groups excluding carboxylic acids is 1. The molecule has 0 heterocycles. The third-order valence-corrected chi connectivity index (χ3v) is 11.8. The maximum absolute atomic E-state index is 11.1. The Morgan fingerprint density at radius 3 is 2.30 bits per heavy atom. The monoisotopic (exact) mass is 396 g/mol. The van der Waals surface area contributed by atoms with Crippen molar-refractivity contribution < 1.29 is 14.0 Å². The summed E-state index contributed by atoms with van der Waals surface area (Å²) in [6.45, 7) is 23.8. The van der Waals surface area contributed by atoms with E-state index in [2.05, 4.69) is 61.6 Å². The van der Waals surface area contributed by atoms with Crippen LogP contribution in [0.5, 0.6) is 0 Å². The molecule has 0 spiro atoms. The Balaban J connectivity index is 3.03. The largest absolute Gasteiger partial charge is 0.466 e. The van der Waals surface area contributed by atoms with E-state index in [-0.39, 0.29) is 16.4 Å². The van der Waals surface area contributed by atoms with Gasteiger partial charge in [-0.3, -0.25) is 4.79 Å². The van der Waals surface area contributed by atoms with E-state index in [1.807, 2.05) is 0 Å². The van der Waals surface area contributed by atoms with Crippen LogP contribution in [0, 0.1) is 17.3 Å². The van der Waals surface area contributed by atoms with Crippen LogP contribution in [0.25, 0.3) is 0 Å². The van der Waals surface area contributed by atoms with Gasteiger partial charge in [0.2, 0.25) is 0 Å². The minimum Gasteiger partial charge on any atom is -0.466 e. The van der Waals surface area contributed by atoms with Crippen molar-refractivity contribution in [3.63, 3.8) is 0 Å². The van der Waals surface area contributed by atoms with Crippen molar-refractivity contribution >= 4 is 14.3 Å². The summed E-state index contributed by atoms with van der Waals surface area (Å²) in [5, 5.41) is 0.228. The summed E-state index contributed by atoms with van der Waals surface area (Å²) in [6.07, 6.45) is 4.41. The molecule has 1 aliphatic carbocycles. The zero-order valence-corrected chi connectivity index (χ0v) is 20.6. The predicted molar refractivity (Wildman–Crippen MR) is 117 cm³/mol. The Hall–Kier alpha value is -0.613. The summed E-state index contributed by atoms with van der Waals surface area (Å²) in [5.74, 6) is 0.953. The highest BCUT2D eigenvalue weighted by molar-refractivity contribution is 6.74. The first-order valence-corrected chi connectivity index (χ1v) is 13.6. The summed E-state index contributed by atoms with van der Waals surface area (Å²) in [6, 6.07) is 0. The average molecular weight is 397 g/mol. The van der Waals surface area contributed by atoms with Gasteiger partial charge in [-0.2, -0.15) is 0 Å². The summed E-state index contributed by atoms with van der Waals surface area (Å²) in [7, 11) is -1.78. The van der Waals surface area contributed by atoms with E-state index in [1.165, 1.54) is 25.3 Å². The summed E-state index contributed by atoms with van der Waals surface area (Å²) in [4.78, 5) is 11.1. The van der Waals surface area contributed by atoms with Crippen LogP contribution in [-0.4, -0.2) is 27.5 Å². The maximum Gasteiger partial charge on any atom is 0.302 e. The fraction of sp³-hybridized carbons (Fsp3) is 0.870. The lowest BCUT2D eigenvalue weighted by molar-refractivity contribution is -0.141. The second kappa shape index (κ2) is 9.26. The van der Waals surface area contributed by atoms with Gasteiger partial charge in [0.1, 0.15) is 0 Å². The first-order chi connectivity index (χ1) is 12.2. The molecule has 0 saturated heterocycles. The van der Waals surface area contributed by atoms with Crippen LogP contribution in [0.1, 0.15) is 81.1 Å². The molecule has 0 aliphatic heterocycles. The minimum absolute atomic E-state index is 0.136. The standard InChI is InChI=1S/C23H44O3Si/c1-17(2)20-14-13-18(3)23(8,16-26-27(9,10)22(5,6)7)21(20)12-11-15-25-19(4)24/h18,21H,11-16H2,1-10H3/t18-,21-,23-/m1/s1. The normalized spacial score (nSPS) is 26.8. The Kier molecular flexibility index (Phi) is 8.37. The molecule has 1 rings (SSSR count). The fourth-order valence-electron chi connectivity index (χ4n) is 4.02. The van der Waals surface area contributed by atoms with Gasteiger partial charge in [-0.05, 0) is 74.9 Å². The number of esters is 1. The number of rotatable bonds is 7. The van der Waals surface area contributed by atoms with Gasteiger partial charge < -0.3 is 9.16 Å². The van der Waals surface area contributed by atoms with Crippen molar-refractivity contribution in [3.8, 4) is 0 Å². The number of hydrogen-bond acceptors (Lipinski definition) is 3. The zero-order chi connectivity index (χ0) is 21.0. The lowest BCUT2D eigenvalue weighted by Gasteiger charge is -2.50. The number of carbonyl (C=O) groups is 1. The van der Waals surface area contributed by atoms with Crippen LogP contribution in [0.2, 0.25) is 18.1 Å². The van der Waals surface area contributed by atoms with Gasteiger partial charge >= 0.3 is 5.97 Å². The lowest BCUT2D eigenvalue weighted by atomic mass is 9.58. The summed E-state index contributed by atoms with van der Waals surface area (Å²) in [5.41, 5.74) is 3.20. The van der Waals surface area contributed by atoms with E-state index in [0.717, 1.165) is 19.4 Å². The minimum atomic E-state index is -1.78. The van der Waals surface area contributed by atoms with Gasteiger partial charge in [-0.1, -0.05) is 45.8 Å². The molecule has 3 atom stereocenters. The molecule has 27 heavy (non-hydrogen) atoms. The van der Waals surface area contributed by atoms with E-state index < -0.39 is 8.32 Å². The second-order valence-electron chi connectivity index (χ2n) is 10.6. The molecular weight excluding hydrogens is 352 g/mol. The van der Waals surface area contributed by atoms with Gasteiger partial charge in [-0.15, -0.1) is 0 Å². The number of hydrogen-bond donors (Lipinski definition) is 0. The van der Waals surface area contributed by atoms with E-state index >= 15 is 0 Å². The van der Waals surface area contributed by atoms with Gasteiger partial charge in [0.25, 0.3) is 0 Å². The molecule has 0 aromatic rings. The Bertz CT molecular complexity index is 540. The molecule has 158 valence electrons. The van der Waals surface area contributed by atoms with Gasteiger partial charge in [0.15, 0.2) is 8.32 Å². The average Bonchev–Trinajstić information content (AvgIpc) is 2.52. The molecular formula is C23H44O3Si. The third-order valence-electron chi connectivity index (χ3n) is 7.32. The molecule has 1 saturated carbocycles. The molecule has 4 heteroatoms. The highest BCUT2D eigenvalue weighted by atomic mass is 28.4. The molecule has 1 fully saturated rings. The van der Waals surface area contributed by atoms with Gasteiger partial charge in [-0.25, -0.2) is 0 Å². The first kappa shape index (κ1) is 24.4. The fourth-order valence-corrected chi connectivity index (χ4v) is 5.12. The first-order valence-electron chi connectivity index (χ1n) is 10.7. The topological polar surface area (TPSA) is 35.5 Å². The zero-order valence-electron chi connectivity index (χ0n) is 19.6. The van der Waals surface area contributed by atoms with Crippen LogP contribution in [0.4, 0.5) is 0 Å². The SMILES string of the molecule is CC(=O)OCCC[C@@H]1C(=C(C)C)CC[C@@H](C)[C@@]1(C)CO[Si](C)(C)C(C)(C)C. The molecule has 3 nitrogen and oxygen atoms in total. The molecule has 1 aliphatic rings. The van der Waals surface area contributed by atoms with Crippen molar-refractivity contribution in [2.24, 2.45) is 17.3 Å². The summed E-state index contributed by atoms with van der Waals surface area (Å²) < 4.78 is 11.9. The predicted octanol–water partition coefficient (Wildman–Crippen LogP) is 6.74. The number of ether oxygens (including phenoxy) is 1.